The number of anilines is 1. The fourth-order valence-electron chi connectivity index (χ4n) is 4.69. The second-order valence-electron chi connectivity index (χ2n) is 11.6. The Morgan fingerprint density at radius 3 is 2.06 bits per heavy atom. The van der Waals surface area contributed by atoms with E-state index in [1.807, 2.05) is 0 Å². The second kappa shape index (κ2) is 20.9. The number of aliphatic hydroxyl groups is 2. The number of rotatable bonds is 19. The van der Waals surface area contributed by atoms with Gasteiger partial charge in [-0.2, -0.15) is 11.8 Å². The molecule has 1 aliphatic heterocycles. The molecule has 1 aromatic rings. The summed E-state index contributed by atoms with van der Waals surface area (Å²) in [5.41, 5.74) is 6.44. The van der Waals surface area contributed by atoms with Crippen molar-refractivity contribution in [3.63, 3.8) is 0 Å². The third-order valence-electron chi connectivity index (χ3n) is 7.37. The fourth-order valence-corrected chi connectivity index (χ4v) is 5.42. The van der Waals surface area contributed by atoms with Crippen molar-refractivity contribution in [3.05, 3.63) is 55.1 Å². The molecule has 17 heteroatoms. The smallest absolute Gasteiger partial charge is 0.248 e. The fraction of sp³-hybridized carbons (Fsp3) is 0.500. The average molecular weight is 705 g/mol. The van der Waals surface area contributed by atoms with Gasteiger partial charge in [0.25, 0.3) is 0 Å². The van der Waals surface area contributed by atoms with Crippen molar-refractivity contribution in [2.45, 2.75) is 58.2 Å². The highest BCUT2D eigenvalue weighted by molar-refractivity contribution is 7.99. The van der Waals surface area contributed by atoms with Gasteiger partial charge in [0.2, 0.25) is 35.4 Å². The Morgan fingerprint density at radius 2 is 1.53 bits per heavy atom. The van der Waals surface area contributed by atoms with Gasteiger partial charge in [-0.05, 0) is 55.2 Å². The predicted molar refractivity (Wildman–Crippen MR) is 185 cm³/mol. The Kier molecular flexibility index (Phi) is 17.5. The van der Waals surface area contributed by atoms with Gasteiger partial charge in [0, 0.05) is 17.9 Å². The van der Waals surface area contributed by atoms with E-state index in [4.69, 9.17) is 5.73 Å². The molecule has 0 bridgehead atoms. The van der Waals surface area contributed by atoms with Crippen LogP contribution in [0.15, 0.2) is 49.6 Å². The monoisotopic (exact) mass is 704 g/mol. The number of nitrogens with one attached hydrogen (secondary N) is 4. The number of hydrogen-bond donors (Lipinski definition) is 7. The van der Waals surface area contributed by atoms with Crippen molar-refractivity contribution in [1.29, 1.82) is 0 Å². The van der Waals surface area contributed by atoms with E-state index in [2.05, 4.69) is 34.4 Å². The molecule has 1 aliphatic rings. The van der Waals surface area contributed by atoms with Crippen LogP contribution < -0.4 is 27.0 Å². The van der Waals surface area contributed by atoms with E-state index in [1.165, 1.54) is 26.5 Å². The number of benzene rings is 1. The van der Waals surface area contributed by atoms with Gasteiger partial charge < -0.3 is 40.9 Å². The molecule has 270 valence electrons. The summed E-state index contributed by atoms with van der Waals surface area (Å²) in [4.78, 5) is 80.6. The van der Waals surface area contributed by atoms with Gasteiger partial charge in [-0.1, -0.05) is 39.1 Å². The third-order valence-corrected chi connectivity index (χ3v) is 8.33. The van der Waals surface area contributed by atoms with Crippen LogP contribution in [-0.2, 0) is 35.4 Å². The van der Waals surface area contributed by atoms with E-state index < -0.39 is 48.0 Å². The molecule has 16 nitrogen and oxygen atoms in total. The SMILES string of the molecule is C=CC(=O)N1CN(C(=O)C=C)CN(C(=O)CCSCC(=O)N[C@H](C(=O)N[C@H](CCCNC(N)O)C(=O)Nc2ccc(CO)cc2)C(C)C)C1. The van der Waals surface area contributed by atoms with E-state index in [-0.39, 0.29) is 69.3 Å². The number of nitrogens with zero attached hydrogens (tertiary/aromatic N) is 3. The Balaban J connectivity index is 1.95. The lowest BCUT2D eigenvalue weighted by molar-refractivity contribution is -0.154. The van der Waals surface area contributed by atoms with Crippen LogP contribution in [-0.4, -0.2) is 117 Å². The molecule has 3 atom stereocenters. The Hall–Kier alpha value is -4.29. The minimum atomic E-state index is -1.23. The highest BCUT2D eigenvalue weighted by Crippen LogP contribution is 2.14. The van der Waals surface area contributed by atoms with E-state index in [1.54, 1.807) is 38.1 Å². The van der Waals surface area contributed by atoms with E-state index in [0.29, 0.717) is 17.7 Å². The largest absolute Gasteiger partial charge is 0.392 e. The Labute approximate surface area is 290 Å². The minimum Gasteiger partial charge on any atom is -0.392 e. The second-order valence-corrected chi connectivity index (χ2v) is 12.7. The predicted octanol–water partition coefficient (Wildman–Crippen LogP) is -0.785. The van der Waals surface area contributed by atoms with Gasteiger partial charge in [0.1, 0.15) is 12.1 Å². The zero-order chi connectivity index (χ0) is 36.5. The maximum Gasteiger partial charge on any atom is 0.248 e. The quantitative estimate of drug-likeness (QED) is 0.0537. The topological polar surface area (TPSA) is 227 Å². The van der Waals surface area contributed by atoms with Crippen LogP contribution in [0.2, 0.25) is 0 Å². The van der Waals surface area contributed by atoms with Crippen molar-refractivity contribution in [2.24, 2.45) is 11.7 Å². The molecular weight excluding hydrogens is 656 g/mol. The highest BCUT2D eigenvalue weighted by Gasteiger charge is 2.31. The Morgan fingerprint density at radius 1 is 0.939 bits per heavy atom. The first-order chi connectivity index (χ1) is 23.3. The molecule has 0 spiro atoms. The van der Waals surface area contributed by atoms with Crippen molar-refractivity contribution < 1.29 is 39.0 Å². The van der Waals surface area contributed by atoms with Crippen molar-refractivity contribution >= 4 is 52.9 Å². The number of thioether (sulfide) groups is 1. The minimum absolute atomic E-state index is 0.000731. The molecule has 49 heavy (non-hydrogen) atoms. The lowest BCUT2D eigenvalue weighted by Gasteiger charge is -2.41. The molecule has 0 radical (unpaired) electrons. The van der Waals surface area contributed by atoms with Crippen LogP contribution in [0, 0.1) is 5.92 Å². The molecule has 1 saturated heterocycles. The number of aliphatic hydroxyl groups excluding tert-OH is 2. The maximum atomic E-state index is 13.4. The van der Waals surface area contributed by atoms with Crippen LogP contribution in [0.5, 0.6) is 0 Å². The van der Waals surface area contributed by atoms with Crippen molar-refractivity contribution in [3.8, 4) is 0 Å². The number of carbonyl (C=O) groups excluding carboxylic acids is 6. The molecule has 2 rings (SSSR count). The molecule has 1 heterocycles. The number of amides is 6. The molecular formula is C32H48N8O8S. The lowest BCUT2D eigenvalue weighted by atomic mass is 10.0. The lowest BCUT2D eigenvalue weighted by Crippen LogP contribution is -2.59. The average Bonchev–Trinajstić information content (AvgIpc) is 3.09. The molecule has 1 unspecified atom stereocenters. The summed E-state index contributed by atoms with van der Waals surface area (Å²) in [6.45, 7) is 10.5. The zero-order valence-electron chi connectivity index (χ0n) is 27.9. The summed E-state index contributed by atoms with van der Waals surface area (Å²) in [5.74, 6) is -2.80. The summed E-state index contributed by atoms with van der Waals surface area (Å²) in [5, 5.41) is 29.4. The molecule has 0 aromatic heterocycles. The van der Waals surface area contributed by atoms with Gasteiger partial charge in [-0.15, -0.1) is 0 Å². The number of carbonyl (C=O) groups is 6. The third kappa shape index (κ3) is 14.0. The molecule has 1 aromatic carbocycles. The van der Waals surface area contributed by atoms with Crippen molar-refractivity contribution in [1.82, 2.24) is 30.7 Å². The van der Waals surface area contributed by atoms with Crippen LogP contribution in [0.3, 0.4) is 0 Å². The van der Waals surface area contributed by atoms with Gasteiger partial charge >= 0.3 is 0 Å². The van der Waals surface area contributed by atoms with Gasteiger partial charge in [-0.25, -0.2) is 0 Å². The van der Waals surface area contributed by atoms with Gasteiger partial charge in [0.05, 0.1) is 32.4 Å². The molecule has 1 fully saturated rings. The van der Waals surface area contributed by atoms with Crippen molar-refractivity contribution in [2.75, 3.05) is 43.4 Å². The van der Waals surface area contributed by atoms with Crippen LogP contribution in [0.4, 0.5) is 5.69 Å². The highest BCUT2D eigenvalue weighted by atomic mass is 32.2. The van der Waals surface area contributed by atoms with E-state index >= 15 is 0 Å². The molecule has 0 aliphatic carbocycles. The van der Waals surface area contributed by atoms with E-state index in [0.717, 1.165) is 12.2 Å². The van der Waals surface area contributed by atoms with Gasteiger partial charge in [-0.3, -0.25) is 39.8 Å². The first kappa shape index (κ1) is 40.9. The summed E-state index contributed by atoms with van der Waals surface area (Å²) >= 11 is 1.18. The summed E-state index contributed by atoms with van der Waals surface area (Å²) < 4.78 is 0. The van der Waals surface area contributed by atoms with E-state index in [9.17, 15) is 39.0 Å². The Bertz CT molecular complexity index is 1300. The van der Waals surface area contributed by atoms with Crippen LogP contribution >= 0.6 is 11.8 Å². The summed E-state index contributed by atoms with van der Waals surface area (Å²) in [7, 11) is 0. The number of hydrogen-bond acceptors (Lipinski definition) is 11. The maximum absolute atomic E-state index is 13.4. The van der Waals surface area contributed by atoms with Gasteiger partial charge in [0.15, 0.2) is 6.35 Å². The first-order valence-electron chi connectivity index (χ1n) is 15.7. The standard InChI is InChI=1S/C32H48N8O8S/c1-5-26(43)38-18-39(27(44)6-2)20-40(19-38)28(45)13-15-49-17-25(42)37-29(21(3)4)31(47)36-24(8-7-14-34-32(33)48)30(46)35-23-11-9-22(16-41)10-12-23/h5-6,9-12,21,24,29,32,34,41,48H,1-2,7-8,13-20,33H2,3-4H3,(H,35,46)(H,36,47)(H,37,42)/t24-,29+,32?/m1/s1. The molecule has 8 N–H and O–H groups in total. The first-order valence-corrected chi connectivity index (χ1v) is 16.9. The summed E-state index contributed by atoms with van der Waals surface area (Å²) in [6, 6.07) is 4.61. The zero-order valence-corrected chi connectivity index (χ0v) is 28.7. The van der Waals surface area contributed by atoms with Crippen LogP contribution in [0.1, 0.15) is 38.7 Å². The summed E-state index contributed by atoms with van der Waals surface area (Å²) in [6.07, 6.45) is 1.59. The van der Waals surface area contributed by atoms with Crippen LogP contribution in [0.25, 0.3) is 0 Å². The molecule has 0 saturated carbocycles. The number of nitrogens with two attached hydrogens (primary N) is 1. The molecule has 6 amide bonds. The normalized spacial score (nSPS) is 14.8.